The molecule has 18 heavy (non-hydrogen) atoms. The van der Waals surface area contributed by atoms with Crippen LogP contribution in [-0.2, 0) is 6.54 Å². The molecule has 0 saturated carbocycles. The summed E-state index contributed by atoms with van der Waals surface area (Å²) < 4.78 is 6.69. The molecule has 0 unspecified atom stereocenters. The summed E-state index contributed by atoms with van der Waals surface area (Å²) in [5.41, 5.74) is 8.37. The SMILES string of the molecule is Cc1ncc(Oc2ccc(Br)cc2CN)nc1C. The van der Waals surface area contributed by atoms with Crippen LogP contribution >= 0.6 is 15.9 Å². The Morgan fingerprint density at radius 1 is 1.28 bits per heavy atom. The number of halogens is 1. The maximum atomic E-state index is 5.72. The number of benzene rings is 1. The maximum absolute atomic E-state index is 5.72. The second kappa shape index (κ2) is 5.46. The Labute approximate surface area is 114 Å². The van der Waals surface area contributed by atoms with E-state index in [1.54, 1.807) is 6.20 Å². The van der Waals surface area contributed by atoms with Gasteiger partial charge in [0.15, 0.2) is 0 Å². The molecule has 0 aliphatic rings. The molecule has 4 nitrogen and oxygen atoms in total. The minimum absolute atomic E-state index is 0.410. The highest BCUT2D eigenvalue weighted by molar-refractivity contribution is 9.10. The maximum Gasteiger partial charge on any atom is 0.238 e. The van der Waals surface area contributed by atoms with Crippen molar-refractivity contribution in [1.82, 2.24) is 9.97 Å². The highest BCUT2D eigenvalue weighted by Crippen LogP contribution is 2.26. The minimum Gasteiger partial charge on any atom is -0.437 e. The molecule has 1 aromatic carbocycles. The van der Waals surface area contributed by atoms with Crippen molar-refractivity contribution in [3.63, 3.8) is 0 Å². The molecule has 2 N–H and O–H groups in total. The summed E-state index contributed by atoms with van der Waals surface area (Å²) in [6.07, 6.45) is 1.62. The van der Waals surface area contributed by atoms with E-state index in [1.165, 1.54) is 0 Å². The summed E-state index contributed by atoms with van der Waals surface area (Å²) in [7, 11) is 0. The summed E-state index contributed by atoms with van der Waals surface area (Å²) in [5, 5.41) is 0. The molecule has 0 atom stereocenters. The van der Waals surface area contributed by atoms with Crippen molar-refractivity contribution >= 4 is 15.9 Å². The van der Waals surface area contributed by atoms with Crippen LogP contribution in [0, 0.1) is 13.8 Å². The summed E-state index contributed by atoms with van der Waals surface area (Å²) in [4.78, 5) is 8.55. The highest BCUT2D eigenvalue weighted by Gasteiger charge is 2.07. The van der Waals surface area contributed by atoms with E-state index in [4.69, 9.17) is 10.5 Å². The Bertz CT molecular complexity index is 572. The van der Waals surface area contributed by atoms with Crippen molar-refractivity contribution in [2.45, 2.75) is 20.4 Å². The van der Waals surface area contributed by atoms with E-state index < -0.39 is 0 Å². The zero-order valence-corrected chi connectivity index (χ0v) is 11.9. The zero-order chi connectivity index (χ0) is 13.1. The lowest BCUT2D eigenvalue weighted by molar-refractivity contribution is 0.452. The van der Waals surface area contributed by atoms with E-state index in [0.717, 1.165) is 21.4 Å². The fourth-order valence-electron chi connectivity index (χ4n) is 1.49. The van der Waals surface area contributed by atoms with Gasteiger partial charge in [0, 0.05) is 16.6 Å². The second-order valence-electron chi connectivity index (χ2n) is 3.94. The van der Waals surface area contributed by atoms with Crippen LogP contribution in [0.25, 0.3) is 0 Å². The fraction of sp³-hybridized carbons (Fsp3) is 0.231. The summed E-state index contributed by atoms with van der Waals surface area (Å²) >= 11 is 3.40. The van der Waals surface area contributed by atoms with Gasteiger partial charge in [0.2, 0.25) is 5.88 Å². The van der Waals surface area contributed by atoms with E-state index >= 15 is 0 Å². The standard InChI is InChI=1S/C13H14BrN3O/c1-8-9(2)17-13(7-16-8)18-12-4-3-11(14)5-10(12)6-15/h3-5,7H,6,15H2,1-2H3. The number of hydrogen-bond acceptors (Lipinski definition) is 4. The highest BCUT2D eigenvalue weighted by atomic mass is 79.9. The molecule has 0 amide bonds. The van der Waals surface area contributed by atoms with Crippen molar-refractivity contribution in [3.05, 3.63) is 45.8 Å². The van der Waals surface area contributed by atoms with Crippen molar-refractivity contribution in [3.8, 4) is 11.6 Å². The first-order valence-corrected chi connectivity index (χ1v) is 6.36. The van der Waals surface area contributed by atoms with Gasteiger partial charge in [0.25, 0.3) is 0 Å². The normalized spacial score (nSPS) is 10.4. The molecule has 1 aromatic heterocycles. The first kappa shape index (κ1) is 13.0. The van der Waals surface area contributed by atoms with Crippen LogP contribution in [0.3, 0.4) is 0 Å². The Kier molecular flexibility index (Phi) is 3.93. The van der Waals surface area contributed by atoms with Gasteiger partial charge in [-0.15, -0.1) is 0 Å². The molecule has 0 aliphatic carbocycles. The molecule has 0 bridgehead atoms. The molecule has 0 radical (unpaired) electrons. The van der Waals surface area contributed by atoms with Crippen LogP contribution < -0.4 is 10.5 Å². The van der Waals surface area contributed by atoms with Crippen molar-refractivity contribution < 1.29 is 4.74 Å². The third kappa shape index (κ3) is 2.86. The molecule has 0 fully saturated rings. The third-order valence-electron chi connectivity index (χ3n) is 2.63. The van der Waals surface area contributed by atoms with Crippen molar-refractivity contribution in [1.29, 1.82) is 0 Å². The van der Waals surface area contributed by atoms with Gasteiger partial charge < -0.3 is 10.5 Å². The van der Waals surface area contributed by atoms with E-state index in [1.807, 2.05) is 32.0 Å². The largest absolute Gasteiger partial charge is 0.437 e. The molecule has 0 saturated heterocycles. The number of nitrogens with two attached hydrogens (primary N) is 1. The van der Waals surface area contributed by atoms with Crippen LogP contribution in [0.5, 0.6) is 11.6 Å². The van der Waals surface area contributed by atoms with Gasteiger partial charge >= 0.3 is 0 Å². The molecule has 2 aromatic rings. The minimum atomic E-state index is 0.410. The van der Waals surface area contributed by atoms with Gasteiger partial charge in [-0.3, -0.25) is 4.98 Å². The lowest BCUT2D eigenvalue weighted by Crippen LogP contribution is -2.01. The monoisotopic (exact) mass is 307 g/mol. The van der Waals surface area contributed by atoms with Crippen LogP contribution in [0.15, 0.2) is 28.9 Å². The predicted molar refractivity (Wildman–Crippen MR) is 73.6 cm³/mol. The van der Waals surface area contributed by atoms with Crippen LogP contribution in [0.2, 0.25) is 0 Å². The molecular formula is C13H14BrN3O. The van der Waals surface area contributed by atoms with Crippen molar-refractivity contribution in [2.75, 3.05) is 0 Å². The van der Waals surface area contributed by atoms with E-state index in [2.05, 4.69) is 25.9 Å². The van der Waals surface area contributed by atoms with E-state index in [9.17, 15) is 0 Å². The number of ether oxygens (including phenoxy) is 1. The molecule has 5 heteroatoms. The number of aryl methyl sites for hydroxylation is 2. The molecular weight excluding hydrogens is 294 g/mol. The summed E-state index contributed by atoms with van der Waals surface area (Å²) in [5.74, 6) is 1.19. The smallest absolute Gasteiger partial charge is 0.238 e. The van der Waals surface area contributed by atoms with Gasteiger partial charge in [0.05, 0.1) is 17.6 Å². The molecule has 2 rings (SSSR count). The predicted octanol–water partition coefficient (Wildman–Crippen LogP) is 3.11. The van der Waals surface area contributed by atoms with Crippen LogP contribution in [-0.4, -0.2) is 9.97 Å². The quantitative estimate of drug-likeness (QED) is 0.946. The van der Waals surface area contributed by atoms with Gasteiger partial charge in [-0.05, 0) is 32.0 Å². The number of nitrogens with zero attached hydrogens (tertiary/aromatic N) is 2. The summed E-state index contributed by atoms with van der Waals surface area (Å²) in [6.45, 7) is 4.23. The van der Waals surface area contributed by atoms with Crippen molar-refractivity contribution in [2.24, 2.45) is 5.73 Å². The second-order valence-corrected chi connectivity index (χ2v) is 4.85. The topological polar surface area (TPSA) is 61.0 Å². The lowest BCUT2D eigenvalue weighted by atomic mass is 10.2. The van der Waals surface area contributed by atoms with Gasteiger partial charge in [-0.25, -0.2) is 4.98 Å². The molecule has 0 aliphatic heterocycles. The molecule has 1 heterocycles. The summed E-state index contributed by atoms with van der Waals surface area (Å²) in [6, 6.07) is 5.70. The Morgan fingerprint density at radius 3 is 2.72 bits per heavy atom. The first-order chi connectivity index (χ1) is 8.60. The van der Waals surface area contributed by atoms with Crippen LogP contribution in [0.4, 0.5) is 0 Å². The average Bonchev–Trinajstić information content (AvgIpc) is 2.36. The lowest BCUT2D eigenvalue weighted by Gasteiger charge is -2.10. The Hall–Kier alpha value is -1.46. The average molecular weight is 308 g/mol. The van der Waals surface area contributed by atoms with Gasteiger partial charge in [-0.2, -0.15) is 0 Å². The fourth-order valence-corrected chi connectivity index (χ4v) is 1.90. The van der Waals surface area contributed by atoms with Gasteiger partial charge in [-0.1, -0.05) is 15.9 Å². The number of rotatable bonds is 3. The number of aromatic nitrogens is 2. The molecule has 94 valence electrons. The Balaban J connectivity index is 2.30. The van der Waals surface area contributed by atoms with E-state index in [0.29, 0.717) is 18.2 Å². The van der Waals surface area contributed by atoms with Crippen LogP contribution in [0.1, 0.15) is 17.0 Å². The zero-order valence-electron chi connectivity index (χ0n) is 10.3. The Morgan fingerprint density at radius 2 is 2.06 bits per heavy atom. The first-order valence-electron chi connectivity index (χ1n) is 5.56. The third-order valence-corrected chi connectivity index (χ3v) is 3.12. The number of hydrogen-bond donors (Lipinski definition) is 1. The van der Waals surface area contributed by atoms with E-state index in [-0.39, 0.29) is 0 Å². The molecule has 0 spiro atoms. The van der Waals surface area contributed by atoms with Gasteiger partial charge in [0.1, 0.15) is 5.75 Å².